The number of hydrogen-bond acceptors (Lipinski definition) is 4. The first-order valence-electron chi connectivity index (χ1n) is 8.67. The van der Waals surface area contributed by atoms with Crippen LogP contribution in [-0.2, 0) is 4.79 Å². The molecule has 0 bridgehead atoms. The second-order valence-electron chi connectivity index (χ2n) is 5.99. The zero-order valence-corrected chi connectivity index (χ0v) is 14.8. The molecule has 5 nitrogen and oxygen atoms in total. The fourth-order valence-corrected chi connectivity index (χ4v) is 2.97. The van der Waals surface area contributed by atoms with E-state index in [-0.39, 0.29) is 5.91 Å². The summed E-state index contributed by atoms with van der Waals surface area (Å²) in [5.74, 6) is 2.47. The summed E-state index contributed by atoms with van der Waals surface area (Å²) in [5, 5.41) is 0. The van der Waals surface area contributed by atoms with Crippen molar-refractivity contribution in [3.8, 4) is 5.75 Å². The van der Waals surface area contributed by atoms with E-state index in [1.165, 1.54) is 0 Å². The van der Waals surface area contributed by atoms with Crippen molar-refractivity contribution in [2.24, 2.45) is 0 Å². The number of amides is 1. The molecule has 1 aromatic carbocycles. The average molecular weight is 340 g/mol. The number of rotatable bonds is 5. The van der Waals surface area contributed by atoms with Crippen LogP contribution in [0, 0.1) is 6.92 Å². The molecule has 0 saturated carbocycles. The zero-order chi connectivity index (χ0) is 17.6. The van der Waals surface area contributed by atoms with Gasteiger partial charge in [-0.15, -0.1) is 0 Å². The van der Waals surface area contributed by atoms with Gasteiger partial charge in [-0.3, -0.25) is 4.79 Å². The van der Waals surface area contributed by atoms with E-state index in [1.54, 1.807) is 12.2 Å². The third-order valence-corrected chi connectivity index (χ3v) is 4.25. The normalized spacial score (nSPS) is 15.0. The van der Waals surface area contributed by atoms with Gasteiger partial charge in [-0.25, -0.2) is 0 Å². The van der Waals surface area contributed by atoms with Gasteiger partial charge >= 0.3 is 0 Å². The van der Waals surface area contributed by atoms with Crippen LogP contribution in [0.1, 0.15) is 18.4 Å². The lowest BCUT2D eigenvalue weighted by atomic mass is 10.2. The Bertz CT molecular complexity index is 743. The van der Waals surface area contributed by atoms with Crippen LogP contribution in [0.4, 0.5) is 5.69 Å². The van der Waals surface area contributed by atoms with Gasteiger partial charge in [-0.1, -0.05) is 12.1 Å². The molecule has 5 heteroatoms. The summed E-state index contributed by atoms with van der Waals surface area (Å²) in [5.41, 5.74) is 1.10. The van der Waals surface area contributed by atoms with Gasteiger partial charge in [0.25, 0.3) is 0 Å². The minimum Gasteiger partial charge on any atom is -0.492 e. The molecule has 0 spiro atoms. The molecule has 0 N–H and O–H groups in total. The fraction of sp³-hybridized carbons (Fsp3) is 0.350. The number of carbonyl (C=O) groups excluding carboxylic acids is 1. The monoisotopic (exact) mass is 340 g/mol. The summed E-state index contributed by atoms with van der Waals surface area (Å²) >= 11 is 0. The predicted molar refractivity (Wildman–Crippen MR) is 98.9 cm³/mol. The number of anilines is 1. The van der Waals surface area contributed by atoms with Gasteiger partial charge in [0.05, 0.1) is 12.3 Å². The van der Waals surface area contributed by atoms with Gasteiger partial charge in [0.2, 0.25) is 5.91 Å². The highest BCUT2D eigenvalue weighted by Gasteiger charge is 2.21. The van der Waals surface area contributed by atoms with Crippen molar-refractivity contribution in [2.45, 2.75) is 13.8 Å². The molecular weight excluding hydrogens is 316 g/mol. The van der Waals surface area contributed by atoms with Crippen molar-refractivity contribution >= 4 is 17.7 Å². The van der Waals surface area contributed by atoms with Crippen molar-refractivity contribution in [3.63, 3.8) is 0 Å². The van der Waals surface area contributed by atoms with Crippen LogP contribution in [0.5, 0.6) is 5.75 Å². The van der Waals surface area contributed by atoms with Crippen LogP contribution in [0.15, 0.2) is 46.9 Å². The lowest BCUT2D eigenvalue weighted by molar-refractivity contribution is -0.126. The lowest BCUT2D eigenvalue weighted by Gasteiger charge is -2.36. The van der Waals surface area contributed by atoms with Gasteiger partial charge < -0.3 is 19.0 Å². The van der Waals surface area contributed by atoms with E-state index in [2.05, 4.69) is 11.0 Å². The minimum absolute atomic E-state index is 0.0202. The number of aryl methyl sites for hydroxylation is 1. The average Bonchev–Trinajstić information content (AvgIpc) is 3.06. The lowest BCUT2D eigenvalue weighted by Crippen LogP contribution is -2.48. The zero-order valence-electron chi connectivity index (χ0n) is 14.8. The Morgan fingerprint density at radius 1 is 1.16 bits per heavy atom. The van der Waals surface area contributed by atoms with Crippen LogP contribution in [-0.4, -0.2) is 43.6 Å². The smallest absolute Gasteiger partial charge is 0.246 e. The van der Waals surface area contributed by atoms with Crippen LogP contribution >= 0.6 is 0 Å². The second kappa shape index (κ2) is 7.92. The Labute approximate surface area is 148 Å². The molecule has 1 fully saturated rings. The Morgan fingerprint density at radius 3 is 2.60 bits per heavy atom. The molecule has 3 rings (SSSR count). The van der Waals surface area contributed by atoms with E-state index in [4.69, 9.17) is 9.15 Å². The van der Waals surface area contributed by atoms with Gasteiger partial charge in [0.15, 0.2) is 0 Å². The summed E-state index contributed by atoms with van der Waals surface area (Å²) in [6, 6.07) is 11.8. The first-order valence-corrected chi connectivity index (χ1v) is 8.67. The minimum atomic E-state index is 0.0202. The maximum absolute atomic E-state index is 12.3. The van der Waals surface area contributed by atoms with E-state index in [0.717, 1.165) is 30.3 Å². The summed E-state index contributed by atoms with van der Waals surface area (Å²) < 4.78 is 11.2. The van der Waals surface area contributed by atoms with Crippen molar-refractivity contribution in [2.75, 3.05) is 37.7 Å². The van der Waals surface area contributed by atoms with Crippen molar-refractivity contribution in [3.05, 3.63) is 54.0 Å². The van der Waals surface area contributed by atoms with Gasteiger partial charge in [0, 0.05) is 32.3 Å². The van der Waals surface area contributed by atoms with E-state index < -0.39 is 0 Å². The molecule has 0 radical (unpaired) electrons. The van der Waals surface area contributed by atoms with Crippen molar-refractivity contribution in [1.82, 2.24) is 4.90 Å². The topological polar surface area (TPSA) is 45.9 Å². The summed E-state index contributed by atoms with van der Waals surface area (Å²) in [7, 11) is 0. The van der Waals surface area contributed by atoms with E-state index in [9.17, 15) is 4.79 Å². The van der Waals surface area contributed by atoms with Crippen LogP contribution < -0.4 is 9.64 Å². The number of benzene rings is 1. The Hall–Kier alpha value is -2.69. The van der Waals surface area contributed by atoms with E-state index in [1.807, 2.05) is 49.1 Å². The Kier molecular flexibility index (Phi) is 5.43. The highest BCUT2D eigenvalue weighted by molar-refractivity contribution is 5.91. The SMILES string of the molecule is CCOc1ccccc1N1CCN(C(=O)C=Cc2ccc(C)o2)CC1. The van der Waals surface area contributed by atoms with Crippen LogP contribution in [0.2, 0.25) is 0 Å². The first-order chi connectivity index (χ1) is 12.2. The molecule has 0 unspecified atom stereocenters. The molecule has 2 aromatic rings. The molecule has 1 aliphatic rings. The highest BCUT2D eigenvalue weighted by atomic mass is 16.5. The summed E-state index contributed by atoms with van der Waals surface area (Å²) in [6.45, 7) is 7.50. The number of furan rings is 1. The predicted octanol–water partition coefficient (Wildman–Crippen LogP) is 3.35. The molecular formula is C20H24N2O3. The number of piperazine rings is 1. The number of ether oxygens (including phenoxy) is 1. The van der Waals surface area contributed by atoms with Gasteiger partial charge in [-0.05, 0) is 44.2 Å². The van der Waals surface area contributed by atoms with E-state index >= 15 is 0 Å². The van der Waals surface area contributed by atoms with Crippen LogP contribution in [0.3, 0.4) is 0 Å². The van der Waals surface area contributed by atoms with Crippen molar-refractivity contribution in [1.29, 1.82) is 0 Å². The molecule has 0 aliphatic carbocycles. The first kappa shape index (κ1) is 17.1. The maximum Gasteiger partial charge on any atom is 0.246 e. The largest absolute Gasteiger partial charge is 0.492 e. The third kappa shape index (κ3) is 4.24. The fourth-order valence-electron chi connectivity index (χ4n) is 2.97. The summed E-state index contributed by atoms with van der Waals surface area (Å²) in [4.78, 5) is 16.5. The Morgan fingerprint density at radius 2 is 1.92 bits per heavy atom. The Balaban J connectivity index is 1.58. The molecule has 25 heavy (non-hydrogen) atoms. The standard InChI is InChI=1S/C20H24N2O3/c1-3-24-19-7-5-4-6-18(19)21-12-14-22(15-13-21)20(23)11-10-17-9-8-16(2)25-17/h4-11H,3,12-15H2,1-2H3. The third-order valence-electron chi connectivity index (χ3n) is 4.25. The van der Waals surface area contributed by atoms with Gasteiger partial charge in [0.1, 0.15) is 17.3 Å². The van der Waals surface area contributed by atoms with E-state index in [0.29, 0.717) is 25.5 Å². The highest BCUT2D eigenvalue weighted by Crippen LogP contribution is 2.28. The number of carbonyl (C=O) groups is 1. The molecule has 1 aliphatic heterocycles. The quantitative estimate of drug-likeness (QED) is 0.783. The second-order valence-corrected chi connectivity index (χ2v) is 5.99. The van der Waals surface area contributed by atoms with Gasteiger partial charge in [-0.2, -0.15) is 0 Å². The number of hydrogen-bond donors (Lipinski definition) is 0. The number of para-hydroxylation sites is 2. The molecule has 2 heterocycles. The van der Waals surface area contributed by atoms with Crippen molar-refractivity contribution < 1.29 is 13.9 Å². The number of nitrogens with zero attached hydrogens (tertiary/aromatic N) is 2. The van der Waals surface area contributed by atoms with Crippen LogP contribution in [0.25, 0.3) is 6.08 Å². The maximum atomic E-state index is 12.3. The molecule has 1 aromatic heterocycles. The molecule has 1 amide bonds. The molecule has 132 valence electrons. The molecule has 1 saturated heterocycles. The molecule has 0 atom stereocenters. The summed E-state index contributed by atoms with van der Waals surface area (Å²) in [6.07, 6.45) is 3.31.